The van der Waals surface area contributed by atoms with Crippen LogP contribution >= 0.6 is 11.3 Å². The summed E-state index contributed by atoms with van der Waals surface area (Å²) in [6, 6.07) is 6.13. The van der Waals surface area contributed by atoms with Crippen molar-refractivity contribution in [3.8, 4) is 0 Å². The number of rotatable bonds is 3. The van der Waals surface area contributed by atoms with E-state index in [9.17, 15) is 14.0 Å². The van der Waals surface area contributed by atoms with Gasteiger partial charge in [-0.3, -0.25) is 9.59 Å². The van der Waals surface area contributed by atoms with Gasteiger partial charge >= 0.3 is 0 Å². The number of amides is 2. The standard InChI is InChI=1S/C25H30FN3O2S/c26-20-9-7-19(8-10-20)24(30)28-14-11-18(12-15-28)23-27-21(16-32-23)25(31)29-13-3-5-17-4-1-2-6-22(17)29/h7-10,16-18,22H,1-6,11-15H2. The molecule has 1 saturated carbocycles. The molecule has 2 unspecified atom stereocenters. The zero-order valence-corrected chi connectivity index (χ0v) is 19.2. The highest BCUT2D eigenvalue weighted by molar-refractivity contribution is 7.09. The molecule has 2 atom stereocenters. The van der Waals surface area contributed by atoms with Gasteiger partial charge in [-0.05, 0) is 68.7 Å². The third kappa shape index (κ3) is 4.32. The smallest absolute Gasteiger partial charge is 0.273 e. The zero-order chi connectivity index (χ0) is 22.1. The van der Waals surface area contributed by atoms with E-state index in [4.69, 9.17) is 4.98 Å². The summed E-state index contributed by atoms with van der Waals surface area (Å²) in [4.78, 5) is 34.6. The molecule has 0 bridgehead atoms. The van der Waals surface area contributed by atoms with E-state index in [1.54, 1.807) is 23.5 Å². The van der Waals surface area contributed by atoms with Gasteiger partial charge in [0.05, 0.1) is 5.01 Å². The molecule has 32 heavy (non-hydrogen) atoms. The van der Waals surface area contributed by atoms with E-state index in [0.717, 1.165) is 37.2 Å². The molecule has 7 heteroatoms. The van der Waals surface area contributed by atoms with E-state index in [-0.39, 0.29) is 23.5 Å². The molecular weight excluding hydrogens is 425 g/mol. The van der Waals surface area contributed by atoms with Gasteiger partial charge in [-0.2, -0.15) is 0 Å². The van der Waals surface area contributed by atoms with E-state index < -0.39 is 0 Å². The summed E-state index contributed by atoms with van der Waals surface area (Å²) < 4.78 is 13.1. The molecular formula is C25H30FN3O2S. The number of aromatic nitrogens is 1. The summed E-state index contributed by atoms with van der Waals surface area (Å²) in [5.74, 6) is 0.668. The van der Waals surface area contributed by atoms with E-state index >= 15 is 0 Å². The first kappa shape index (κ1) is 21.6. The lowest BCUT2D eigenvalue weighted by Gasteiger charge is -2.43. The molecule has 0 radical (unpaired) electrons. The molecule has 2 amide bonds. The van der Waals surface area contributed by atoms with Gasteiger partial charge in [0.2, 0.25) is 0 Å². The molecule has 1 aromatic heterocycles. The number of hydrogen-bond acceptors (Lipinski definition) is 4. The lowest BCUT2D eigenvalue weighted by Crippen LogP contribution is -2.49. The summed E-state index contributed by atoms with van der Waals surface area (Å²) in [6.07, 6.45) is 8.94. The fourth-order valence-corrected chi connectivity index (χ4v) is 6.67. The van der Waals surface area contributed by atoms with Crippen LogP contribution in [-0.2, 0) is 0 Å². The maximum Gasteiger partial charge on any atom is 0.273 e. The van der Waals surface area contributed by atoms with E-state index in [2.05, 4.69) is 4.90 Å². The number of thiazole rings is 1. The van der Waals surface area contributed by atoms with E-state index in [0.29, 0.717) is 36.3 Å². The van der Waals surface area contributed by atoms with Crippen LogP contribution in [0.3, 0.4) is 0 Å². The minimum atomic E-state index is -0.335. The molecule has 3 fully saturated rings. The van der Waals surface area contributed by atoms with E-state index in [1.807, 2.05) is 10.3 Å². The summed E-state index contributed by atoms with van der Waals surface area (Å²) in [7, 11) is 0. The lowest BCUT2D eigenvalue weighted by atomic mass is 9.78. The second-order valence-corrected chi connectivity index (χ2v) is 10.3. The zero-order valence-electron chi connectivity index (χ0n) is 18.3. The van der Waals surface area contributed by atoms with Crippen molar-refractivity contribution >= 4 is 23.2 Å². The fraction of sp³-hybridized carbons (Fsp3) is 0.560. The minimum Gasteiger partial charge on any atom is -0.339 e. The van der Waals surface area contributed by atoms with Crippen molar-refractivity contribution in [2.24, 2.45) is 5.92 Å². The van der Waals surface area contributed by atoms with Crippen molar-refractivity contribution in [2.45, 2.75) is 63.3 Å². The Kier molecular flexibility index (Phi) is 6.26. The normalized spacial score (nSPS) is 24.3. The van der Waals surface area contributed by atoms with Crippen LogP contribution < -0.4 is 0 Å². The first-order chi connectivity index (χ1) is 15.6. The number of nitrogens with zero attached hydrogens (tertiary/aromatic N) is 3. The summed E-state index contributed by atoms with van der Waals surface area (Å²) in [5.41, 5.74) is 1.12. The monoisotopic (exact) mass is 455 g/mol. The molecule has 2 aromatic rings. The number of likely N-dealkylation sites (tertiary alicyclic amines) is 2. The molecule has 2 aliphatic heterocycles. The van der Waals surface area contributed by atoms with Gasteiger partial charge in [-0.25, -0.2) is 9.37 Å². The van der Waals surface area contributed by atoms with Crippen molar-refractivity contribution in [1.82, 2.24) is 14.8 Å². The SMILES string of the molecule is O=C(c1ccc(F)cc1)N1CCC(c2nc(C(=O)N3CCCC4CCCCC43)cs2)CC1. The number of carbonyl (C=O) groups is 2. The van der Waals surface area contributed by atoms with Crippen LogP contribution in [0.4, 0.5) is 4.39 Å². The summed E-state index contributed by atoms with van der Waals surface area (Å²) in [6.45, 7) is 2.16. The first-order valence-electron chi connectivity index (χ1n) is 11.9. The molecule has 3 heterocycles. The third-order valence-corrected chi connectivity index (χ3v) is 8.47. The Morgan fingerprint density at radius 2 is 1.62 bits per heavy atom. The van der Waals surface area contributed by atoms with Crippen LogP contribution in [0.25, 0.3) is 0 Å². The molecule has 2 saturated heterocycles. The topological polar surface area (TPSA) is 53.5 Å². The summed E-state index contributed by atoms with van der Waals surface area (Å²) in [5, 5.41) is 2.94. The Balaban J connectivity index is 1.20. The minimum absolute atomic E-state index is 0.0504. The Hall–Kier alpha value is -2.28. The molecule has 5 nitrogen and oxygen atoms in total. The molecule has 5 rings (SSSR count). The quantitative estimate of drug-likeness (QED) is 0.647. The van der Waals surface area contributed by atoms with Crippen molar-refractivity contribution in [2.75, 3.05) is 19.6 Å². The highest BCUT2D eigenvalue weighted by Gasteiger charge is 2.37. The Morgan fingerprint density at radius 1 is 0.906 bits per heavy atom. The van der Waals surface area contributed by atoms with Gasteiger partial charge in [0, 0.05) is 42.5 Å². The van der Waals surface area contributed by atoms with Crippen LogP contribution in [0, 0.1) is 11.7 Å². The van der Waals surface area contributed by atoms with E-state index in [1.165, 1.54) is 37.8 Å². The average molecular weight is 456 g/mol. The summed E-state index contributed by atoms with van der Waals surface area (Å²) >= 11 is 1.58. The number of fused-ring (bicyclic) bond motifs is 1. The van der Waals surface area contributed by atoms with Crippen molar-refractivity contribution < 1.29 is 14.0 Å². The Bertz CT molecular complexity index is 966. The second-order valence-electron chi connectivity index (χ2n) is 9.40. The maximum atomic E-state index is 13.3. The average Bonchev–Trinajstić information content (AvgIpc) is 3.34. The van der Waals surface area contributed by atoms with Gasteiger partial charge in [-0.15, -0.1) is 11.3 Å². The van der Waals surface area contributed by atoms with Crippen LogP contribution in [0.15, 0.2) is 29.6 Å². The fourth-order valence-electron chi connectivity index (χ4n) is 5.70. The first-order valence-corrected chi connectivity index (χ1v) is 12.8. The number of carbonyl (C=O) groups excluding carboxylic acids is 2. The number of benzene rings is 1. The second kappa shape index (κ2) is 9.30. The number of halogens is 1. The Morgan fingerprint density at radius 3 is 2.41 bits per heavy atom. The Labute approximate surface area is 192 Å². The predicted octanol–water partition coefficient (Wildman–Crippen LogP) is 5.10. The molecule has 0 spiro atoms. The third-order valence-electron chi connectivity index (χ3n) is 7.47. The molecule has 1 aromatic carbocycles. The van der Waals surface area contributed by atoms with Crippen LogP contribution in [0.5, 0.6) is 0 Å². The molecule has 3 aliphatic rings. The van der Waals surface area contributed by atoms with Crippen LogP contribution in [0.2, 0.25) is 0 Å². The van der Waals surface area contributed by atoms with Crippen LogP contribution in [0.1, 0.15) is 83.1 Å². The molecule has 1 aliphatic carbocycles. The molecule has 0 N–H and O–H groups in total. The van der Waals surface area contributed by atoms with Gasteiger partial charge in [0.1, 0.15) is 11.5 Å². The highest BCUT2D eigenvalue weighted by atomic mass is 32.1. The van der Waals surface area contributed by atoms with Crippen molar-refractivity contribution in [1.29, 1.82) is 0 Å². The molecule has 170 valence electrons. The highest BCUT2D eigenvalue weighted by Crippen LogP contribution is 2.37. The predicted molar refractivity (Wildman–Crippen MR) is 122 cm³/mol. The van der Waals surface area contributed by atoms with Gasteiger partial charge in [0.15, 0.2) is 0 Å². The van der Waals surface area contributed by atoms with Crippen molar-refractivity contribution in [3.05, 3.63) is 51.7 Å². The largest absolute Gasteiger partial charge is 0.339 e. The maximum absolute atomic E-state index is 13.3. The van der Waals surface area contributed by atoms with Gasteiger partial charge < -0.3 is 9.80 Å². The van der Waals surface area contributed by atoms with Gasteiger partial charge in [-0.1, -0.05) is 12.8 Å². The van der Waals surface area contributed by atoms with Crippen molar-refractivity contribution in [3.63, 3.8) is 0 Å². The number of hydrogen-bond donors (Lipinski definition) is 0. The lowest BCUT2D eigenvalue weighted by molar-refractivity contribution is 0.0385. The number of piperidine rings is 2. The van der Waals surface area contributed by atoms with Crippen LogP contribution in [-0.4, -0.2) is 52.3 Å². The van der Waals surface area contributed by atoms with Gasteiger partial charge in [0.25, 0.3) is 11.8 Å².